The van der Waals surface area contributed by atoms with E-state index >= 15 is 0 Å². The smallest absolute Gasteiger partial charge is 0.0321 e. The molecule has 1 aromatic carbocycles. The van der Waals surface area contributed by atoms with Crippen molar-refractivity contribution in [3.8, 4) is 0 Å². The molecule has 76 valence electrons. The molecule has 1 aliphatic heterocycles. The monoisotopic (exact) mass is 271 g/mol. The lowest BCUT2D eigenvalue weighted by atomic mass is 10.1. The van der Waals surface area contributed by atoms with Crippen molar-refractivity contribution in [3.05, 3.63) is 28.2 Å². The van der Waals surface area contributed by atoms with Crippen molar-refractivity contribution in [3.63, 3.8) is 0 Å². The Morgan fingerprint density at radius 3 is 2.93 bits per heavy atom. The minimum Gasteiger partial charge on any atom is -0.310 e. The van der Waals surface area contributed by atoms with Crippen LogP contribution in [-0.2, 0) is 0 Å². The summed E-state index contributed by atoms with van der Waals surface area (Å²) in [6, 6.07) is 7.25. The Balaban J connectivity index is 2.23. The molecule has 0 aliphatic carbocycles. The molecule has 1 aromatic rings. The molecule has 0 amide bonds. The third-order valence-corrected chi connectivity index (χ3v) is 4.35. The maximum atomic E-state index is 3.61. The predicted molar refractivity (Wildman–Crippen MR) is 65.9 cm³/mol. The van der Waals surface area contributed by atoms with Crippen LogP contribution in [0.3, 0.4) is 0 Å². The summed E-state index contributed by atoms with van der Waals surface area (Å²) in [5, 5.41) is 3.51. The highest BCUT2D eigenvalue weighted by molar-refractivity contribution is 9.10. The zero-order valence-electron chi connectivity index (χ0n) is 8.22. The van der Waals surface area contributed by atoms with Gasteiger partial charge in [-0.1, -0.05) is 6.07 Å². The van der Waals surface area contributed by atoms with Crippen LogP contribution in [0.1, 0.15) is 24.4 Å². The number of hydrogen-bond acceptors (Lipinski definition) is 2. The van der Waals surface area contributed by atoms with Gasteiger partial charge in [0.2, 0.25) is 0 Å². The molecule has 0 saturated carbocycles. The lowest BCUT2D eigenvalue weighted by Crippen LogP contribution is -2.12. The van der Waals surface area contributed by atoms with Crippen LogP contribution in [-0.4, -0.2) is 12.8 Å². The second-order valence-corrected chi connectivity index (χ2v) is 5.25. The second-order valence-electron chi connectivity index (χ2n) is 3.54. The van der Waals surface area contributed by atoms with Crippen LogP contribution in [0.15, 0.2) is 27.6 Å². The normalized spacial score (nSPS) is 21.4. The molecule has 1 saturated heterocycles. The molecular weight excluding hydrogens is 258 g/mol. The summed E-state index contributed by atoms with van der Waals surface area (Å²) in [5.74, 6) is 0. The first-order valence-electron chi connectivity index (χ1n) is 4.88. The van der Waals surface area contributed by atoms with Gasteiger partial charge in [-0.25, -0.2) is 0 Å². The zero-order valence-corrected chi connectivity index (χ0v) is 10.6. The van der Waals surface area contributed by atoms with E-state index < -0.39 is 0 Å². The van der Waals surface area contributed by atoms with Crippen molar-refractivity contribution in [1.82, 2.24) is 5.32 Å². The Kier molecular flexibility index (Phi) is 3.52. The first kappa shape index (κ1) is 10.5. The largest absolute Gasteiger partial charge is 0.310 e. The third kappa shape index (κ3) is 2.15. The van der Waals surface area contributed by atoms with Crippen molar-refractivity contribution in [1.29, 1.82) is 0 Å². The van der Waals surface area contributed by atoms with Crippen molar-refractivity contribution in [2.24, 2.45) is 0 Å². The van der Waals surface area contributed by atoms with Crippen LogP contribution >= 0.6 is 27.7 Å². The summed E-state index contributed by atoms with van der Waals surface area (Å²) >= 11 is 5.39. The molecule has 3 heteroatoms. The quantitative estimate of drug-likeness (QED) is 0.826. The standard InChI is InChI=1S/C11H14BrNS/c1-14-11-5-4-8(7-9(11)12)10-3-2-6-13-10/h4-5,7,10,13H,2-3,6H2,1H3. The number of rotatable bonds is 2. The number of nitrogens with one attached hydrogen (secondary N) is 1. The summed E-state index contributed by atoms with van der Waals surface area (Å²) in [7, 11) is 0. The minimum absolute atomic E-state index is 0.571. The van der Waals surface area contributed by atoms with Gasteiger partial charge in [-0.2, -0.15) is 0 Å². The van der Waals surface area contributed by atoms with E-state index in [0.717, 1.165) is 6.54 Å². The average molecular weight is 272 g/mol. The van der Waals surface area contributed by atoms with E-state index in [1.165, 1.54) is 27.8 Å². The van der Waals surface area contributed by atoms with E-state index in [1.807, 2.05) is 0 Å². The van der Waals surface area contributed by atoms with E-state index in [-0.39, 0.29) is 0 Å². The van der Waals surface area contributed by atoms with E-state index in [0.29, 0.717) is 6.04 Å². The molecule has 1 atom stereocenters. The van der Waals surface area contributed by atoms with E-state index in [1.54, 1.807) is 11.8 Å². The molecule has 1 fully saturated rings. The number of hydrogen-bond donors (Lipinski definition) is 1. The summed E-state index contributed by atoms with van der Waals surface area (Å²) in [6.07, 6.45) is 4.67. The SMILES string of the molecule is CSc1ccc(C2CCCN2)cc1Br. The molecule has 1 aliphatic rings. The third-order valence-electron chi connectivity index (χ3n) is 2.64. The Hall–Kier alpha value is 0.01000. The minimum atomic E-state index is 0.571. The Labute approximate surface area is 97.8 Å². The fourth-order valence-corrected chi connectivity index (χ4v) is 3.21. The Morgan fingerprint density at radius 2 is 2.36 bits per heavy atom. The predicted octanol–water partition coefficient (Wildman–Crippen LogP) is 3.60. The number of halogens is 1. The molecule has 1 N–H and O–H groups in total. The second kappa shape index (κ2) is 4.69. The van der Waals surface area contributed by atoms with Gasteiger partial charge in [0, 0.05) is 15.4 Å². The maximum absolute atomic E-state index is 3.61. The van der Waals surface area contributed by atoms with Gasteiger partial charge in [0.25, 0.3) is 0 Å². The highest BCUT2D eigenvalue weighted by atomic mass is 79.9. The molecule has 0 bridgehead atoms. The van der Waals surface area contributed by atoms with Gasteiger partial charge in [-0.3, -0.25) is 0 Å². The zero-order chi connectivity index (χ0) is 9.97. The summed E-state index contributed by atoms with van der Waals surface area (Å²) in [5.41, 5.74) is 1.41. The number of benzene rings is 1. The molecule has 1 nitrogen and oxygen atoms in total. The average Bonchev–Trinajstić information content (AvgIpc) is 2.70. The molecule has 0 spiro atoms. The topological polar surface area (TPSA) is 12.0 Å². The van der Waals surface area contributed by atoms with Gasteiger partial charge in [-0.05, 0) is 59.3 Å². The summed E-state index contributed by atoms with van der Waals surface area (Å²) < 4.78 is 1.22. The van der Waals surface area contributed by atoms with E-state index in [2.05, 4.69) is 45.7 Å². The fraction of sp³-hybridized carbons (Fsp3) is 0.455. The molecule has 0 radical (unpaired) electrons. The van der Waals surface area contributed by atoms with Crippen molar-refractivity contribution in [2.75, 3.05) is 12.8 Å². The lowest BCUT2D eigenvalue weighted by molar-refractivity contribution is 0.647. The molecule has 0 aromatic heterocycles. The summed E-state index contributed by atoms with van der Waals surface area (Å²) in [6.45, 7) is 1.16. The molecule has 14 heavy (non-hydrogen) atoms. The highest BCUT2D eigenvalue weighted by Crippen LogP contribution is 2.31. The van der Waals surface area contributed by atoms with E-state index in [9.17, 15) is 0 Å². The van der Waals surface area contributed by atoms with Crippen LogP contribution in [0, 0.1) is 0 Å². The van der Waals surface area contributed by atoms with Gasteiger partial charge in [0.05, 0.1) is 0 Å². The first-order valence-corrected chi connectivity index (χ1v) is 6.90. The van der Waals surface area contributed by atoms with Gasteiger partial charge in [-0.15, -0.1) is 11.8 Å². The van der Waals surface area contributed by atoms with Gasteiger partial charge in [0.15, 0.2) is 0 Å². The van der Waals surface area contributed by atoms with Crippen molar-refractivity contribution >= 4 is 27.7 Å². The maximum Gasteiger partial charge on any atom is 0.0321 e. The van der Waals surface area contributed by atoms with Crippen LogP contribution in [0.5, 0.6) is 0 Å². The fourth-order valence-electron chi connectivity index (χ4n) is 1.87. The molecule has 1 heterocycles. The van der Waals surface area contributed by atoms with Crippen molar-refractivity contribution < 1.29 is 0 Å². The lowest BCUT2D eigenvalue weighted by Gasteiger charge is -2.12. The van der Waals surface area contributed by atoms with Crippen LogP contribution in [0.2, 0.25) is 0 Å². The highest BCUT2D eigenvalue weighted by Gasteiger charge is 2.16. The van der Waals surface area contributed by atoms with Crippen LogP contribution < -0.4 is 5.32 Å². The summed E-state index contributed by atoms with van der Waals surface area (Å²) in [4.78, 5) is 1.31. The molecular formula is C11H14BrNS. The Morgan fingerprint density at radius 1 is 1.50 bits per heavy atom. The van der Waals surface area contributed by atoms with E-state index in [4.69, 9.17) is 0 Å². The van der Waals surface area contributed by atoms with Gasteiger partial charge >= 0.3 is 0 Å². The van der Waals surface area contributed by atoms with Gasteiger partial charge in [0.1, 0.15) is 0 Å². The van der Waals surface area contributed by atoms with Crippen LogP contribution in [0.25, 0.3) is 0 Å². The Bertz CT molecular complexity index is 321. The number of thioether (sulfide) groups is 1. The van der Waals surface area contributed by atoms with Gasteiger partial charge < -0.3 is 5.32 Å². The van der Waals surface area contributed by atoms with Crippen LogP contribution in [0.4, 0.5) is 0 Å². The molecule has 1 unspecified atom stereocenters. The first-order chi connectivity index (χ1) is 6.81. The molecule has 2 rings (SSSR count). The van der Waals surface area contributed by atoms with Crippen molar-refractivity contribution in [2.45, 2.75) is 23.8 Å².